The molecule has 1 atom stereocenters. The zero-order valence-corrected chi connectivity index (χ0v) is 14.2. The molecule has 1 aromatic rings. The van der Waals surface area contributed by atoms with Gasteiger partial charge in [0.05, 0.1) is 11.6 Å². The van der Waals surface area contributed by atoms with Crippen molar-refractivity contribution in [1.29, 1.82) is 0 Å². The van der Waals surface area contributed by atoms with E-state index in [2.05, 4.69) is 21.2 Å². The van der Waals surface area contributed by atoms with Crippen molar-refractivity contribution in [2.75, 3.05) is 25.1 Å². The highest BCUT2D eigenvalue weighted by molar-refractivity contribution is 9.10. The smallest absolute Gasteiger partial charge is 0.328 e. The predicted molar refractivity (Wildman–Crippen MR) is 86.7 cm³/mol. The summed E-state index contributed by atoms with van der Waals surface area (Å²) in [7, 11) is 0. The van der Waals surface area contributed by atoms with Crippen LogP contribution in [0.1, 0.15) is 19.8 Å². The topological polar surface area (TPSA) is 47.6 Å². The van der Waals surface area contributed by atoms with Crippen LogP contribution >= 0.6 is 27.5 Å². The fourth-order valence-corrected chi connectivity index (χ4v) is 2.91. The van der Waals surface area contributed by atoms with Gasteiger partial charge < -0.3 is 14.8 Å². The average molecular weight is 377 g/mol. The number of benzene rings is 1. The van der Waals surface area contributed by atoms with Crippen LogP contribution in [0.4, 0.5) is 5.69 Å². The Bertz CT molecular complexity index is 492. The minimum atomic E-state index is -0.359. The Morgan fingerprint density at radius 3 is 2.86 bits per heavy atom. The summed E-state index contributed by atoms with van der Waals surface area (Å²) in [4.78, 5) is 12.2. The molecule has 1 N–H and O–H groups in total. The summed E-state index contributed by atoms with van der Waals surface area (Å²) in [6.07, 6.45) is 1.70. The monoisotopic (exact) mass is 375 g/mol. The predicted octanol–water partition coefficient (Wildman–Crippen LogP) is 3.87. The first kappa shape index (κ1) is 16.6. The number of anilines is 1. The highest BCUT2D eigenvalue weighted by atomic mass is 79.9. The minimum Gasteiger partial charge on any atom is -0.464 e. The number of esters is 1. The third-order valence-corrected chi connectivity index (χ3v) is 4.73. The van der Waals surface area contributed by atoms with Crippen molar-refractivity contribution in [2.24, 2.45) is 5.92 Å². The largest absolute Gasteiger partial charge is 0.464 e. The van der Waals surface area contributed by atoms with Crippen LogP contribution in [0.5, 0.6) is 0 Å². The fraction of sp³-hybridized carbons (Fsp3) is 0.533. The molecule has 1 fully saturated rings. The van der Waals surface area contributed by atoms with Crippen LogP contribution in [0.15, 0.2) is 22.7 Å². The molecule has 0 bridgehead atoms. The van der Waals surface area contributed by atoms with Gasteiger partial charge in [-0.05, 0) is 59.8 Å². The van der Waals surface area contributed by atoms with Crippen LogP contribution in [0.2, 0.25) is 5.02 Å². The first-order valence-corrected chi connectivity index (χ1v) is 8.25. The summed E-state index contributed by atoms with van der Waals surface area (Å²) in [6.45, 7) is 3.57. The highest BCUT2D eigenvalue weighted by Crippen LogP contribution is 2.28. The van der Waals surface area contributed by atoms with Gasteiger partial charge in [-0.1, -0.05) is 11.6 Å². The molecular weight excluding hydrogens is 358 g/mol. The Hall–Kier alpha value is -0.780. The van der Waals surface area contributed by atoms with Gasteiger partial charge in [0.25, 0.3) is 0 Å². The number of rotatable bonds is 5. The lowest BCUT2D eigenvalue weighted by Crippen LogP contribution is -2.41. The van der Waals surface area contributed by atoms with Crippen LogP contribution in [0, 0.1) is 5.92 Å². The molecule has 0 saturated carbocycles. The van der Waals surface area contributed by atoms with Gasteiger partial charge in [0.1, 0.15) is 6.04 Å². The van der Waals surface area contributed by atoms with E-state index in [1.54, 1.807) is 6.07 Å². The van der Waals surface area contributed by atoms with Gasteiger partial charge in [0.15, 0.2) is 0 Å². The van der Waals surface area contributed by atoms with Crippen LogP contribution in [-0.2, 0) is 14.3 Å². The highest BCUT2D eigenvalue weighted by Gasteiger charge is 2.31. The van der Waals surface area contributed by atoms with E-state index in [9.17, 15) is 4.79 Å². The molecule has 0 aromatic heterocycles. The third kappa shape index (κ3) is 4.59. The van der Waals surface area contributed by atoms with Gasteiger partial charge in [-0.25, -0.2) is 4.79 Å². The van der Waals surface area contributed by atoms with Gasteiger partial charge in [-0.15, -0.1) is 0 Å². The lowest BCUT2D eigenvalue weighted by Gasteiger charge is -2.30. The Labute approximate surface area is 138 Å². The molecule has 1 unspecified atom stereocenters. The minimum absolute atomic E-state index is 0.213. The fourth-order valence-electron chi connectivity index (χ4n) is 2.42. The zero-order chi connectivity index (χ0) is 15.2. The van der Waals surface area contributed by atoms with E-state index in [4.69, 9.17) is 21.1 Å². The van der Waals surface area contributed by atoms with Gasteiger partial charge in [-0.3, -0.25) is 0 Å². The molecule has 1 aromatic carbocycles. The zero-order valence-electron chi connectivity index (χ0n) is 11.9. The Morgan fingerprint density at radius 1 is 1.52 bits per heavy atom. The maximum Gasteiger partial charge on any atom is 0.328 e. The van der Waals surface area contributed by atoms with Crippen LogP contribution in [0.3, 0.4) is 0 Å². The second kappa shape index (κ2) is 8.01. The van der Waals surface area contributed by atoms with E-state index in [1.165, 1.54) is 0 Å². The second-order valence-corrected chi connectivity index (χ2v) is 6.21. The molecule has 4 nitrogen and oxygen atoms in total. The molecule has 21 heavy (non-hydrogen) atoms. The molecule has 1 aliphatic heterocycles. The number of hydrogen-bond donors (Lipinski definition) is 1. The molecule has 0 aliphatic carbocycles. The molecule has 6 heteroatoms. The van der Waals surface area contributed by atoms with E-state index in [0.717, 1.165) is 23.0 Å². The Kier molecular flexibility index (Phi) is 6.33. The van der Waals surface area contributed by atoms with Crippen LogP contribution in [-0.4, -0.2) is 31.8 Å². The number of nitrogens with one attached hydrogen (secondary N) is 1. The Balaban J connectivity index is 2.13. The summed E-state index contributed by atoms with van der Waals surface area (Å²) in [5.74, 6) is 0.00252. The van der Waals surface area contributed by atoms with Gasteiger partial charge in [-0.2, -0.15) is 0 Å². The molecule has 1 aliphatic rings. The lowest BCUT2D eigenvalue weighted by molar-refractivity contribution is -0.146. The molecule has 2 rings (SSSR count). The molecule has 1 saturated heterocycles. The standard InChI is InChI=1S/C15H19BrClNO3/c1-2-21-15(19)14(10-5-7-20-8-6-10)18-11-3-4-13(17)12(16)9-11/h3-4,9-10,14,18H,2,5-8H2,1H3. The van der Waals surface area contributed by atoms with E-state index in [-0.39, 0.29) is 17.9 Å². The van der Waals surface area contributed by atoms with Crippen LogP contribution < -0.4 is 5.32 Å². The van der Waals surface area contributed by atoms with Crippen molar-refractivity contribution >= 4 is 39.2 Å². The van der Waals surface area contributed by atoms with E-state index < -0.39 is 0 Å². The SMILES string of the molecule is CCOC(=O)C(Nc1ccc(Cl)c(Br)c1)C1CCOCC1. The molecule has 116 valence electrons. The van der Waals surface area contributed by atoms with Crippen molar-refractivity contribution in [3.8, 4) is 0 Å². The number of ether oxygens (including phenoxy) is 2. The number of carbonyl (C=O) groups excluding carboxylic acids is 1. The molecule has 1 heterocycles. The number of carbonyl (C=O) groups is 1. The van der Waals surface area contributed by atoms with E-state index in [1.807, 2.05) is 19.1 Å². The average Bonchev–Trinajstić information content (AvgIpc) is 2.49. The van der Waals surface area contributed by atoms with E-state index in [0.29, 0.717) is 24.8 Å². The molecule has 0 spiro atoms. The molecular formula is C15H19BrClNO3. The van der Waals surface area contributed by atoms with Crippen molar-refractivity contribution in [3.05, 3.63) is 27.7 Å². The first-order valence-electron chi connectivity index (χ1n) is 7.07. The summed E-state index contributed by atoms with van der Waals surface area (Å²) in [5, 5.41) is 3.92. The van der Waals surface area contributed by atoms with Crippen molar-refractivity contribution in [3.63, 3.8) is 0 Å². The number of hydrogen-bond acceptors (Lipinski definition) is 4. The lowest BCUT2D eigenvalue weighted by atomic mass is 9.91. The third-order valence-electron chi connectivity index (χ3n) is 3.52. The van der Waals surface area contributed by atoms with Crippen molar-refractivity contribution in [1.82, 2.24) is 0 Å². The summed E-state index contributed by atoms with van der Waals surface area (Å²) < 4.78 is 11.4. The maximum absolute atomic E-state index is 12.2. The maximum atomic E-state index is 12.2. The van der Waals surface area contributed by atoms with Crippen molar-refractivity contribution in [2.45, 2.75) is 25.8 Å². The van der Waals surface area contributed by atoms with E-state index >= 15 is 0 Å². The molecule has 0 radical (unpaired) electrons. The van der Waals surface area contributed by atoms with Gasteiger partial charge in [0.2, 0.25) is 0 Å². The summed E-state index contributed by atoms with van der Waals surface area (Å²) >= 11 is 9.39. The Morgan fingerprint density at radius 2 is 2.24 bits per heavy atom. The normalized spacial score (nSPS) is 17.3. The van der Waals surface area contributed by atoms with Gasteiger partial charge >= 0.3 is 5.97 Å². The molecule has 0 amide bonds. The van der Waals surface area contributed by atoms with Gasteiger partial charge in [0, 0.05) is 23.4 Å². The van der Waals surface area contributed by atoms with Crippen molar-refractivity contribution < 1.29 is 14.3 Å². The van der Waals surface area contributed by atoms with Crippen LogP contribution in [0.25, 0.3) is 0 Å². The summed E-state index contributed by atoms with van der Waals surface area (Å²) in [5.41, 5.74) is 0.843. The summed E-state index contributed by atoms with van der Waals surface area (Å²) in [6, 6.07) is 5.16. The second-order valence-electron chi connectivity index (χ2n) is 4.95. The quantitative estimate of drug-likeness (QED) is 0.792. The number of halogens is 2. The first-order chi connectivity index (χ1) is 10.1.